The Bertz CT molecular complexity index is 178. The van der Waals surface area contributed by atoms with Gasteiger partial charge in [0.25, 0.3) is 0 Å². The monoisotopic (exact) mass is 253 g/mol. The average molecular weight is 253 g/mol. The first-order chi connectivity index (χ1) is 8.88. The van der Waals surface area contributed by atoms with Crippen molar-refractivity contribution in [2.75, 3.05) is 13.1 Å². The maximum Gasteiger partial charge on any atom is -0.00179 e. The molecule has 0 aromatic rings. The Morgan fingerprint density at radius 1 is 0.833 bits per heavy atom. The van der Waals surface area contributed by atoms with E-state index in [9.17, 15) is 0 Å². The van der Waals surface area contributed by atoms with Crippen LogP contribution in [0.2, 0.25) is 0 Å². The molecular weight excluding hydrogens is 218 g/mol. The van der Waals surface area contributed by atoms with Crippen molar-refractivity contribution in [3.8, 4) is 0 Å². The molecule has 1 aliphatic rings. The molecule has 2 atom stereocenters. The second kappa shape index (κ2) is 10.8. The number of hydrogen-bond acceptors (Lipinski definition) is 1. The molecule has 0 aromatic heterocycles. The summed E-state index contributed by atoms with van der Waals surface area (Å²) in [5.74, 6) is 1.99. The minimum atomic E-state index is 0.973. The molecule has 18 heavy (non-hydrogen) atoms. The van der Waals surface area contributed by atoms with E-state index in [1.165, 1.54) is 83.7 Å². The highest BCUT2D eigenvalue weighted by atomic mass is 14.9. The molecule has 1 aliphatic carbocycles. The van der Waals surface area contributed by atoms with Crippen LogP contribution >= 0.6 is 0 Å². The van der Waals surface area contributed by atoms with Crippen molar-refractivity contribution in [3.05, 3.63) is 0 Å². The van der Waals surface area contributed by atoms with Crippen LogP contribution in [0, 0.1) is 11.8 Å². The highest BCUT2D eigenvalue weighted by Crippen LogP contribution is 2.32. The highest BCUT2D eigenvalue weighted by molar-refractivity contribution is 4.76. The summed E-state index contributed by atoms with van der Waals surface area (Å²) in [6.07, 6.45) is 15.9. The predicted octanol–water partition coefficient (Wildman–Crippen LogP) is 5.15. The Labute approximate surface area is 115 Å². The van der Waals surface area contributed by atoms with Crippen molar-refractivity contribution in [3.63, 3.8) is 0 Å². The summed E-state index contributed by atoms with van der Waals surface area (Å²) < 4.78 is 0. The van der Waals surface area contributed by atoms with Crippen LogP contribution < -0.4 is 5.32 Å². The molecule has 0 radical (unpaired) electrons. The van der Waals surface area contributed by atoms with Crippen LogP contribution in [0.5, 0.6) is 0 Å². The van der Waals surface area contributed by atoms with Crippen molar-refractivity contribution in [2.24, 2.45) is 11.8 Å². The lowest BCUT2D eigenvalue weighted by Gasteiger charge is -2.25. The Morgan fingerprint density at radius 2 is 1.61 bits per heavy atom. The zero-order chi connectivity index (χ0) is 13.1. The molecule has 0 bridgehead atoms. The molecule has 2 unspecified atom stereocenters. The summed E-state index contributed by atoms with van der Waals surface area (Å²) in [5, 5.41) is 3.66. The summed E-state index contributed by atoms with van der Waals surface area (Å²) in [4.78, 5) is 0. The van der Waals surface area contributed by atoms with E-state index in [1.54, 1.807) is 0 Å². The lowest BCUT2D eigenvalue weighted by atomic mass is 9.84. The largest absolute Gasteiger partial charge is 0.316 e. The van der Waals surface area contributed by atoms with Crippen molar-refractivity contribution in [1.29, 1.82) is 0 Å². The summed E-state index contributed by atoms with van der Waals surface area (Å²) in [7, 11) is 0. The molecule has 0 saturated heterocycles. The van der Waals surface area contributed by atoms with Crippen LogP contribution in [0.3, 0.4) is 0 Å². The van der Waals surface area contributed by atoms with Crippen LogP contribution in [-0.4, -0.2) is 13.1 Å². The van der Waals surface area contributed by atoms with Crippen LogP contribution in [0.1, 0.15) is 84.5 Å². The fourth-order valence-corrected chi connectivity index (χ4v) is 3.41. The summed E-state index contributed by atoms with van der Waals surface area (Å²) in [5.41, 5.74) is 0. The van der Waals surface area contributed by atoms with Gasteiger partial charge in [-0.15, -0.1) is 0 Å². The summed E-state index contributed by atoms with van der Waals surface area (Å²) in [6.45, 7) is 7.07. The average Bonchev–Trinajstić information content (AvgIpc) is 2.61. The molecule has 0 amide bonds. The maximum atomic E-state index is 3.66. The third kappa shape index (κ3) is 6.78. The number of nitrogens with one attached hydrogen (secondary N) is 1. The SMILES string of the molecule is CCCCCCC1CCCCCC1CNCCC. The number of hydrogen-bond donors (Lipinski definition) is 1. The van der Waals surface area contributed by atoms with Crippen LogP contribution in [-0.2, 0) is 0 Å². The van der Waals surface area contributed by atoms with E-state index in [1.807, 2.05) is 0 Å². The van der Waals surface area contributed by atoms with E-state index >= 15 is 0 Å². The molecule has 0 spiro atoms. The van der Waals surface area contributed by atoms with Crippen LogP contribution in [0.25, 0.3) is 0 Å². The second-order valence-corrected chi connectivity index (χ2v) is 6.21. The zero-order valence-electron chi connectivity index (χ0n) is 12.8. The molecule has 0 heterocycles. The van der Waals surface area contributed by atoms with E-state index in [2.05, 4.69) is 19.2 Å². The molecule has 0 aliphatic heterocycles. The minimum Gasteiger partial charge on any atom is -0.316 e. The minimum absolute atomic E-state index is 0.973. The smallest absolute Gasteiger partial charge is 0.00179 e. The third-order valence-electron chi connectivity index (χ3n) is 4.58. The van der Waals surface area contributed by atoms with E-state index in [4.69, 9.17) is 0 Å². The van der Waals surface area contributed by atoms with Gasteiger partial charge in [0, 0.05) is 0 Å². The zero-order valence-corrected chi connectivity index (χ0v) is 12.8. The summed E-state index contributed by atoms with van der Waals surface area (Å²) >= 11 is 0. The summed E-state index contributed by atoms with van der Waals surface area (Å²) in [6, 6.07) is 0. The first kappa shape index (κ1) is 16.0. The fraction of sp³-hybridized carbons (Fsp3) is 1.00. The van der Waals surface area contributed by atoms with Gasteiger partial charge in [-0.1, -0.05) is 71.6 Å². The second-order valence-electron chi connectivity index (χ2n) is 6.21. The predicted molar refractivity (Wildman–Crippen MR) is 82.0 cm³/mol. The molecule has 1 N–H and O–H groups in total. The highest BCUT2D eigenvalue weighted by Gasteiger charge is 2.22. The van der Waals surface area contributed by atoms with E-state index in [-0.39, 0.29) is 0 Å². The fourth-order valence-electron chi connectivity index (χ4n) is 3.41. The van der Waals surface area contributed by atoms with Crippen molar-refractivity contribution in [1.82, 2.24) is 5.32 Å². The van der Waals surface area contributed by atoms with Crippen molar-refractivity contribution < 1.29 is 0 Å². The van der Waals surface area contributed by atoms with Gasteiger partial charge in [-0.05, 0) is 37.8 Å². The van der Waals surface area contributed by atoms with Crippen molar-refractivity contribution >= 4 is 0 Å². The first-order valence-electron chi connectivity index (χ1n) is 8.59. The Hall–Kier alpha value is -0.0400. The van der Waals surface area contributed by atoms with Gasteiger partial charge >= 0.3 is 0 Å². The van der Waals surface area contributed by atoms with Gasteiger partial charge in [-0.3, -0.25) is 0 Å². The van der Waals surface area contributed by atoms with Crippen LogP contribution in [0.15, 0.2) is 0 Å². The maximum absolute atomic E-state index is 3.66. The van der Waals surface area contributed by atoms with Gasteiger partial charge in [0.05, 0.1) is 0 Å². The Morgan fingerprint density at radius 3 is 2.33 bits per heavy atom. The molecule has 1 nitrogen and oxygen atoms in total. The number of rotatable bonds is 9. The Balaban J connectivity index is 2.27. The standard InChI is InChI=1S/C17H35N/c1-3-5-6-8-11-16-12-9-7-10-13-17(16)15-18-14-4-2/h16-18H,3-15H2,1-2H3. The van der Waals surface area contributed by atoms with Gasteiger partial charge in [0.15, 0.2) is 0 Å². The molecule has 1 fully saturated rings. The van der Waals surface area contributed by atoms with Gasteiger partial charge in [-0.2, -0.15) is 0 Å². The van der Waals surface area contributed by atoms with E-state index in [0.29, 0.717) is 0 Å². The Kier molecular flexibility index (Phi) is 9.65. The molecule has 1 rings (SSSR count). The topological polar surface area (TPSA) is 12.0 Å². The first-order valence-corrected chi connectivity index (χ1v) is 8.59. The van der Waals surface area contributed by atoms with Gasteiger partial charge < -0.3 is 5.32 Å². The molecule has 1 saturated carbocycles. The van der Waals surface area contributed by atoms with Gasteiger partial charge in [-0.25, -0.2) is 0 Å². The van der Waals surface area contributed by atoms with E-state index < -0.39 is 0 Å². The van der Waals surface area contributed by atoms with Crippen LogP contribution in [0.4, 0.5) is 0 Å². The lowest BCUT2D eigenvalue weighted by Crippen LogP contribution is -2.28. The lowest BCUT2D eigenvalue weighted by molar-refractivity contribution is 0.276. The molecular formula is C17H35N. The van der Waals surface area contributed by atoms with Gasteiger partial charge in [0.2, 0.25) is 0 Å². The van der Waals surface area contributed by atoms with Gasteiger partial charge in [0.1, 0.15) is 0 Å². The quantitative estimate of drug-likeness (QED) is 0.442. The molecule has 1 heteroatoms. The van der Waals surface area contributed by atoms with Crippen molar-refractivity contribution in [2.45, 2.75) is 84.5 Å². The third-order valence-corrected chi connectivity index (χ3v) is 4.58. The molecule has 0 aromatic carbocycles. The normalized spacial score (nSPS) is 25.0. The van der Waals surface area contributed by atoms with E-state index in [0.717, 1.165) is 11.8 Å². The number of unbranched alkanes of at least 4 members (excludes halogenated alkanes) is 3. The molecule has 108 valence electrons.